The van der Waals surface area contributed by atoms with Crippen LogP contribution < -0.4 is 14.8 Å². The smallest absolute Gasteiger partial charge is 0.321 e. The van der Waals surface area contributed by atoms with E-state index < -0.39 is 29.7 Å². The number of nitrogens with zero attached hydrogens (tertiary/aromatic N) is 3. The van der Waals surface area contributed by atoms with Gasteiger partial charge in [0.15, 0.2) is 17.4 Å². The molecule has 1 fully saturated rings. The molecule has 0 bridgehead atoms. The van der Waals surface area contributed by atoms with Gasteiger partial charge in [-0.3, -0.25) is 19.8 Å². The van der Waals surface area contributed by atoms with Crippen LogP contribution in [0.25, 0.3) is 0 Å². The second-order valence-electron chi connectivity index (χ2n) is 8.62. The number of aliphatic imine (C=N–C) groups is 1. The van der Waals surface area contributed by atoms with Crippen molar-refractivity contribution in [1.29, 1.82) is 0 Å². The average Bonchev–Trinajstić information content (AvgIpc) is 3.32. The van der Waals surface area contributed by atoms with Crippen molar-refractivity contribution in [2.75, 3.05) is 39.6 Å². The van der Waals surface area contributed by atoms with Crippen LogP contribution >= 0.6 is 0 Å². The van der Waals surface area contributed by atoms with Gasteiger partial charge in [-0.05, 0) is 42.3 Å². The first-order chi connectivity index (χ1) is 17.0. The monoisotopic (exact) mass is 482 g/mol. The van der Waals surface area contributed by atoms with Crippen LogP contribution in [-0.4, -0.2) is 67.2 Å². The summed E-state index contributed by atoms with van der Waals surface area (Å²) in [6.45, 7) is 5.71. The molecule has 1 saturated heterocycles. The second kappa shape index (κ2) is 9.91. The molecule has 9 nitrogen and oxygen atoms in total. The number of fused-ring (bicyclic) bond motifs is 1. The van der Waals surface area contributed by atoms with E-state index >= 15 is 0 Å². The molecule has 2 aromatic rings. The van der Waals surface area contributed by atoms with E-state index in [0.29, 0.717) is 24.6 Å². The van der Waals surface area contributed by atoms with Crippen LogP contribution in [0.3, 0.4) is 0 Å². The van der Waals surface area contributed by atoms with Gasteiger partial charge in [0, 0.05) is 32.7 Å². The Hall–Kier alpha value is -3.66. The molecule has 1 amide bonds. The number of benzene rings is 2. The van der Waals surface area contributed by atoms with Crippen molar-refractivity contribution in [3.8, 4) is 11.5 Å². The number of nitrogens with one attached hydrogen (secondary N) is 1. The SMILES string of the molecule is CCOC(=O)[C@H]1C(=O)NC(N2CCN(Cc3ccc4c(c3)OCO4)CC2)=N[C@H]1c1ccc(F)cc1. The average molecular weight is 483 g/mol. The highest BCUT2D eigenvalue weighted by Gasteiger charge is 2.42. The Bertz CT molecular complexity index is 1130. The molecule has 3 heterocycles. The zero-order chi connectivity index (χ0) is 24.4. The lowest BCUT2D eigenvalue weighted by molar-refractivity contribution is -0.153. The fraction of sp³-hybridized carbons (Fsp3) is 0.400. The lowest BCUT2D eigenvalue weighted by atomic mass is 9.91. The van der Waals surface area contributed by atoms with E-state index in [1.807, 2.05) is 23.1 Å². The molecule has 3 aliphatic heterocycles. The van der Waals surface area contributed by atoms with Crippen LogP contribution in [0.15, 0.2) is 47.5 Å². The van der Waals surface area contributed by atoms with E-state index in [2.05, 4.69) is 10.2 Å². The largest absolute Gasteiger partial charge is 0.465 e. The van der Waals surface area contributed by atoms with Gasteiger partial charge in [-0.1, -0.05) is 18.2 Å². The number of hydrogen-bond acceptors (Lipinski definition) is 8. The predicted octanol–water partition coefficient (Wildman–Crippen LogP) is 2.08. The molecular formula is C25H27FN4O5. The third-order valence-corrected chi connectivity index (χ3v) is 6.36. The van der Waals surface area contributed by atoms with Gasteiger partial charge in [-0.25, -0.2) is 9.38 Å². The van der Waals surface area contributed by atoms with Gasteiger partial charge in [0.2, 0.25) is 18.7 Å². The van der Waals surface area contributed by atoms with Crippen LogP contribution in [0, 0.1) is 11.7 Å². The van der Waals surface area contributed by atoms with Crippen LogP contribution in [0.2, 0.25) is 0 Å². The first-order valence-corrected chi connectivity index (χ1v) is 11.7. The number of piperazine rings is 1. The minimum absolute atomic E-state index is 0.153. The highest BCUT2D eigenvalue weighted by molar-refractivity contribution is 6.08. The normalized spacial score (nSPS) is 21.9. The molecule has 0 saturated carbocycles. The molecule has 0 aliphatic carbocycles. The zero-order valence-corrected chi connectivity index (χ0v) is 19.4. The number of carbonyl (C=O) groups excluding carboxylic acids is 2. The van der Waals surface area contributed by atoms with E-state index in [0.717, 1.165) is 36.7 Å². The Kier molecular flexibility index (Phi) is 6.54. The van der Waals surface area contributed by atoms with Crippen molar-refractivity contribution in [2.24, 2.45) is 10.9 Å². The molecule has 1 N–H and O–H groups in total. The molecule has 0 spiro atoms. The molecule has 0 aromatic heterocycles. The third kappa shape index (κ3) is 4.93. The first kappa shape index (κ1) is 23.1. The molecule has 3 aliphatic rings. The number of guanidine groups is 1. The summed E-state index contributed by atoms with van der Waals surface area (Å²) in [5.74, 6) is -0.681. The topological polar surface area (TPSA) is 92.7 Å². The van der Waals surface area contributed by atoms with Gasteiger partial charge in [0.25, 0.3) is 0 Å². The maximum atomic E-state index is 13.5. The fourth-order valence-electron chi connectivity index (χ4n) is 4.54. The molecule has 184 valence electrons. The standard InChI is InChI=1S/C25H27FN4O5/c1-2-33-24(32)21-22(17-4-6-18(26)7-5-17)27-25(28-23(21)31)30-11-9-29(10-12-30)14-16-3-8-19-20(13-16)35-15-34-19/h3-8,13,21-22H,2,9-12,14-15H2,1H3,(H,27,28,31)/t21-,22+/m1/s1. The molecule has 2 aromatic carbocycles. The Balaban J connectivity index is 1.29. The van der Waals surface area contributed by atoms with E-state index in [1.165, 1.54) is 12.1 Å². The summed E-state index contributed by atoms with van der Waals surface area (Å²) < 4.78 is 29.5. The van der Waals surface area contributed by atoms with Crippen LogP contribution in [0.5, 0.6) is 11.5 Å². The quantitative estimate of drug-likeness (QED) is 0.515. The van der Waals surface area contributed by atoms with E-state index in [9.17, 15) is 14.0 Å². The Morgan fingerprint density at radius 1 is 1.11 bits per heavy atom. The molecule has 35 heavy (non-hydrogen) atoms. The number of esters is 1. The molecule has 0 unspecified atom stereocenters. The summed E-state index contributed by atoms with van der Waals surface area (Å²) in [6, 6.07) is 10.9. The van der Waals surface area contributed by atoms with Crippen LogP contribution in [0.1, 0.15) is 24.1 Å². The van der Waals surface area contributed by atoms with Gasteiger partial charge >= 0.3 is 5.97 Å². The van der Waals surface area contributed by atoms with E-state index in [1.54, 1.807) is 19.1 Å². The highest BCUT2D eigenvalue weighted by atomic mass is 19.1. The molecule has 5 rings (SSSR count). The maximum Gasteiger partial charge on any atom is 0.321 e. The summed E-state index contributed by atoms with van der Waals surface area (Å²) >= 11 is 0. The third-order valence-electron chi connectivity index (χ3n) is 6.36. The van der Waals surface area contributed by atoms with Gasteiger partial charge in [-0.2, -0.15) is 0 Å². The minimum Gasteiger partial charge on any atom is -0.465 e. The van der Waals surface area contributed by atoms with Gasteiger partial charge in [0.1, 0.15) is 11.9 Å². The van der Waals surface area contributed by atoms with Crippen molar-refractivity contribution in [1.82, 2.24) is 15.1 Å². The summed E-state index contributed by atoms with van der Waals surface area (Å²) in [4.78, 5) is 34.6. The fourth-order valence-corrected chi connectivity index (χ4v) is 4.54. The van der Waals surface area contributed by atoms with E-state index in [-0.39, 0.29) is 13.4 Å². The number of amides is 1. The van der Waals surface area contributed by atoms with Crippen molar-refractivity contribution in [2.45, 2.75) is 19.5 Å². The van der Waals surface area contributed by atoms with Crippen molar-refractivity contribution in [3.05, 3.63) is 59.4 Å². The number of carbonyl (C=O) groups is 2. The number of ether oxygens (including phenoxy) is 3. The molecule has 0 radical (unpaired) electrons. The van der Waals surface area contributed by atoms with Crippen molar-refractivity contribution < 1.29 is 28.2 Å². The van der Waals surface area contributed by atoms with Gasteiger partial charge < -0.3 is 19.1 Å². The number of hydrogen-bond donors (Lipinski definition) is 1. The Labute approximate surface area is 202 Å². The van der Waals surface area contributed by atoms with Gasteiger partial charge in [-0.15, -0.1) is 0 Å². The minimum atomic E-state index is -1.13. The summed E-state index contributed by atoms with van der Waals surface area (Å²) in [5.41, 5.74) is 1.72. The predicted molar refractivity (Wildman–Crippen MR) is 124 cm³/mol. The van der Waals surface area contributed by atoms with Gasteiger partial charge in [0.05, 0.1) is 6.61 Å². The second-order valence-corrected chi connectivity index (χ2v) is 8.62. The Morgan fingerprint density at radius 3 is 2.60 bits per heavy atom. The first-order valence-electron chi connectivity index (χ1n) is 11.7. The summed E-state index contributed by atoms with van der Waals surface area (Å²) in [7, 11) is 0. The molecule has 2 atom stereocenters. The lowest BCUT2D eigenvalue weighted by Gasteiger charge is -2.39. The molecule has 10 heteroatoms. The number of rotatable bonds is 5. The molecular weight excluding hydrogens is 455 g/mol. The van der Waals surface area contributed by atoms with Crippen molar-refractivity contribution in [3.63, 3.8) is 0 Å². The zero-order valence-electron chi connectivity index (χ0n) is 19.4. The lowest BCUT2D eigenvalue weighted by Crippen LogP contribution is -2.57. The summed E-state index contributed by atoms with van der Waals surface area (Å²) in [5, 5.41) is 2.79. The van der Waals surface area contributed by atoms with Crippen molar-refractivity contribution >= 4 is 17.8 Å². The highest BCUT2D eigenvalue weighted by Crippen LogP contribution is 2.33. The van der Waals surface area contributed by atoms with Crippen LogP contribution in [0.4, 0.5) is 4.39 Å². The summed E-state index contributed by atoms with van der Waals surface area (Å²) in [6.07, 6.45) is 0. The Morgan fingerprint density at radius 2 is 1.86 bits per heavy atom. The maximum absolute atomic E-state index is 13.5. The van der Waals surface area contributed by atoms with Crippen LogP contribution in [-0.2, 0) is 20.9 Å². The van der Waals surface area contributed by atoms with E-state index in [4.69, 9.17) is 19.2 Å². The number of halogens is 1.